The first-order chi connectivity index (χ1) is 7.87. The van der Waals surface area contributed by atoms with Crippen molar-refractivity contribution in [3.8, 4) is 0 Å². The van der Waals surface area contributed by atoms with Crippen LogP contribution in [-0.4, -0.2) is 27.6 Å². The molecule has 4 heteroatoms. The molecule has 0 saturated heterocycles. The summed E-state index contributed by atoms with van der Waals surface area (Å²) in [4.78, 5) is 0. The monoisotopic (exact) mass is 238 g/mol. The van der Waals surface area contributed by atoms with Gasteiger partial charge in [-0.05, 0) is 24.8 Å². The number of nitrogens with one attached hydrogen (secondary N) is 1. The van der Waals surface area contributed by atoms with Crippen LogP contribution in [0.4, 0.5) is 0 Å². The zero-order chi connectivity index (χ0) is 12.9. The second-order valence-electron chi connectivity index (χ2n) is 6.17. The molecule has 0 aromatic carbocycles. The van der Waals surface area contributed by atoms with Crippen LogP contribution < -0.4 is 5.32 Å². The molecular formula is C13H26N4. The normalized spacial score (nSPS) is 12.4. The molecule has 0 aliphatic carbocycles. The Balaban J connectivity index is 2.31. The molecule has 1 N–H and O–H groups in total. The van der Waals surface area contributed by atoms with Crippen molar-refractivity contribution >= 4 is 0 Å². The lowest BCUT2D eigenvalue weighted by Gasteiger charge is -2.15. The van der Waals surface area contributed by atoms with Crippen molar-refractivity contribution in [2.45, 2.75) is 60.0 Å². The van der Waals surface area contributed by atoms with E-state index in [1.54, 1.807) is 0 Å². The van der Waals surface area contributed by atoms with Gasteiger partial charge in [-0.25, -0.2) is 0 Å². The lowest BCUT2D eigenvalue weighted by Crippen LogP contribution is -2.24. The molecule has 0 saturated carbocycles. The van der Waals surface area contributed by atoms with Gasteiger partial charge in [-0.2, -0.15) is 0 Å². The summed E-state index contributed by atoms with van der Waals surface area (Å²) in [5, 5.41) is 11.8. The molecule has 0 fully saturated rings. The largest absolute Gasteiger partial charge is 0.314 e. The van der Waals surface area contributed by atoms with Crippen molar-refractivity contribution in [3.05, 3.63) is 11.9 Å². The average molecular weight is 238 g/mol. The Labute approximate surface area is 105 Å². The van der Waals surface area contributed by atoms with E-state index in [9.17, 15) is 0 Å². The average Bonchev–Trinajstić information content (AvgIpc) is 2.57. The third-order valence-corrected chi connectivity index (χ3v) is 2.41. The summed E-state index contributed by atoms with van der Waals surface area (Å²) in [6, 6.07) is 0.558. The minimum Gasteiger partial charge on any atom is -0.314 e. The predicted octanol–water partition coefficient (Wildman–Crippen LogP) is 2.25. The highest BCUT2D eigenvalue weighted by atomic mass is 15.4. The van der Waals surface area contributed by atoms with E-state index in [1.807, 2.05) is 4.68 Å². The molecule has 98 valence electrons. The van der Waals surface area contributed by atoms with Crippen LogP contribution in [0.15, 0.2) is 6.20 Å². The van der Waals surface area contributed by atoms with Gasteiger partial charge in [0.2, 0.25) is 0 Å². The highest BCUT2D eigenvalue weighted by molar-refractivity contribution is 4.95. The maximum atomic E-state index is 4.21. The summed E-state index contributed by atoms with van der Waals surface area (Å²) < 4.78 is 1.95. The van der Waals surface area contributed by atoms with Crippen molar-refractivity contribution in [3.63, 3.8) is 0 Å². The van der Waals surface area contributed by atoms with Gasteiger partial charge in [0.15, 0.2) is 0 Å². The molecule has 0 unspecified atom stereocenters. The van der Waals surface area contributed by atoms with Gasteiger partial charge in [0.1, 0.15) is 0 Å². The number of hydrogen-bond acceptors (Lipinski definition) is 3. The second-order valence-corrected chi connectivity index (χ2v) is 6.17. The van der Waals surface area contributed by atoms with E-state index in [2.05, 4.69) is 56.4 Å². The first-order valence-corrected chi connectivity index (χ1v) is 6.49. The highest BCUT2D eigenvalue weighted by Gasteiger charge is 2.13. The Morgan fingerprint density at radius 1 is 1.35 bits per heavy atom. The summed E-state index contributed by atoms with van der Waals surface area (Å²) in [5.74, 6) is 0. The zero-order valence-corrected chi connectivity index (χ0v) is 11.8. The molecule has 0 bridgehead atoms. The van der Waals surface area contributed by atoms with Gasteiger partial charge in [-0.15, -0.1) is 5.10 Å². The Bertz CT molecular complexity index is 322. The first-order valence-electron chi connectivity index (χ1n) is 6.49. The van der Waals surface area contributed by atoms with Gasteiger partial charge in [-0.3, -0.25) is 4.68 Å². The Morgan fingerprint density at radius 3 is 2.65 bits per heavy atom. The fourth-order valence-electron chi connectivity index (χ4n) is 1.70. The Kier molecular flexibility index (Phi) is 5.12. The van der Waals surface area contributed by atoms with E-state index in [0.29, 0.717) is 6.04 Å². The van der Waals surface area contributed by atoms with Crippen LogP contribution in [0.5, 0.6) is 0 Å². The third-order valence-electron chi connectivity index (χ3n) is 2.41. The smallest absolute Gasteiger partial charge is 0.0832 e. The predicted molar refractivity (Wildman–Crippen MR) is 70.9 cm³/mol. The van der Waals surface area contributed by atoms with Crippen LogP contribution >= 0.6 is 0 Å². The number of aromatic nitrogens is 3. The number of nitrogens with zero attached hydrogens (tertiary/aromatic N) is 3. The van der Waals surface area contributed by atoms with Gasteiger partial charge in [0.05, 0.1) is 5.69 Å². The molecule has 0 spiro atoms. The number of rotatable bonds is 6. The van der Waals surface area contributed by atoms with Gasteiger partial charge >= 0.3 is 0 Å². The van der Waals surface area contributed by atoms with E-state index < -0.39 is 0 Å². The van der Waals surface area contributed by atoms with E-state index in [-0.39, 0.29) is 5.41 Å². The molecule has 0 aliphatic heterocycles. The van der Waals surface area contributed by atoms with Gasteiger partial charge in [0.25, 0.3) is 0 Å². The number of hydrogen-bond donors (Lipinski definition) is 1. The fourth-order valence-corrected chi connectivity index (χ4v) is 1.70. The first kappa shape index (κ1) is 14.2. The molecule has 1 aromatic heterocycles. The summed E-state index contributed by atoms with van der Waals surface area (Å²) in [5.41, 5.74) is 1.37. The molecule has 0 aliphatic rings. The standard InChI is InChI=1S/C13H26N4/c1-11(2)14-7-6-8-17-10-12(15-16-17)9-13(3,4)5/h10-11,14H,6-9H2,1-5H3. The van der Waals surface area contributed by atoms with Crippen LogP contribution in [0.2, 0.25) is 0 Å². The van der Waals surface area contributed by atoms with Crippen LogP contribution in [0.1, 0.15) is 46.7 Å². The maximum Gasteiger partial charge on any atom is 0.0832 e. The molecule has 4 nitrogen and oxygen atoms in total. The van der Waals surface area contributed by atoms with Crippen molar-refractivity contribution < 1.29 is 0 Å². The summed E-state index contributed by atoms with van der Waals surface area (Å²) >= 11 is 0. The molecular weight excluding hydrogens is 212 g/mol. The van der Waals surface area contributed by atoms with Crippen molar-refractivity contribution in [2.75, 3.05) is 6.54 Å². The summed E-state index contributed by atoms with van der Waals surface area (Å²) in [6.45, 7) is 13.0. The third kappa shape index (κ3) is 6.41. The molecule has 17 heavy (non-hydrogen) atoms. The summed E-state index contributed by atoms with van der Waals surface area (Å²) in [6.07, 6.45) is 4.15. The molecule has 0 radical (unpaired) electrons. The quantitative estimate of drug-likeness (QED) is 0.773. The van der Waals surface area contributed by atoms with Crippen molar-refractivity contribution in [2.24, 2.45) is 5.41 Å². The van der Waals surface area contributed by atoms with E-state index in [1.165, 1.54) is 0 Å². The number of aryl methyl sites for hydroxylation is 1. The zero-order valence-electron chi connectivity index (χ0n) is 11.8. The van der Waals surface area contributed by atoms with E-state index in [0.717, 1.165) is 31.6 Å². The van der Waals surface area contributed by atoms with Crippen LogP contribution in [-0.2, 0) is 13.0 Å². The topological polar surface area (TPSA) is 42.7 Å². The van der Waals surface area contributed by atoms with Gasteiger partial charge in [0, 0.05) is 18.8 Å². The van der Waals surface area contributed by atoms with Crippen molar-refractivity contribution in [1.82, 2.24) is 20.3 Å². The minimum atomic E-state index is 0.278. The molecule has 1 rings (SSSR count). The SMILES string of the molecule is CC(C)NCCCn1cc(CC(C)(C)C)nn1. The van der Waals surface area contributed by atoms with E-state index in [4.69, 9.17) is 0 Å². The highest BCUT2D eigenvalue weighted by Crippen LogP contribution is 2.18. The molecule has 0 amide bonds. The van der Waals surface area contributed by atoms with Crippen LogP contribution in [0, 0.1) is 5.41 Å². The van der Waals surface area contributed by atoms with Crippen molar-refractivity contribution in [1.29, 1.82) is 0 Å². The van der Waals surface area contributed by atoms with Gasteiger partial charge < -0.3 is 5.32 Å². The molecule has 0 atom stereocenters. The fraction of sp³-hybridized carbons (Fsp3) is 0.846. The molecule has 1 aromatic rings. The lowest BCUT2D eigenvalue weighted by atomic mass is 9.91. The van der Waals surface area contributed by atoms with E-state index >= 15 is 0 Å². The lowest BCUT2D eigenvalue weighted by molar-refractivity contribution is 0.406. The summed E-state index contributed by atoms with van der Waals surface area (Å²) in [7, 11) is 0. The molecule has 1 heterocycles. The minimum absolute atomic E-state index is 0.278. The van der Waals surface area contributed by atoms with Crippen LogP contribution in [0.25, 0.3) is 0 Å². The van der Waals surface area contributed by atoms with Crippen LogP contribution in [0.3, 0.4) is 0 Å². The maximum absolute atomic E-state index is 4.21. The Hall–Kier alpha value is -0.900. The van der Waals surface area contributed by atoms with Gasteiger partial charge in [-0.1, -0.05) is 39.8 Å². The Morgan fingerprint density at radius 2 is 2.06 bits per heavy atom. The second kappa shape index (κ2) is 6.15.